The van der Waals surface area contributed by atoms with Gasteiger partial charge in [0.1, 0.15) is 30.8 Å². The van der Waals surface area contributed by atoms with E-state index in [-0.39, 0.29) is 25.2 Å². The van der Waals surface area contributed by atoms with Crippen molar-refractivity contribution < 1.29 is 48.2 Å². The first-order valence-corrected chi connectivity index (χ1v) is 12.4. The molecule has 1 heterocycles. The molecule has 0 spiro atoms. The van der Waals surface area contributed by atoms with Gasteiger partial charge in [-0.2, -0.15) is 0 Å². The lowest BCUT2D eigenvalue weighted by Crippen LogP contribution is -2.58. The molecule has 1 aromatic heterocycles. The third kappa shape index (κ3) is 12.4. The summed E-state index contributed by atoms with van der Waals surface area (Å²) in [5, 5.41) is 27.5. The zero-order valence-electron chi connectivity index (χ0n) is 22.4. The molecule has 4 amide bonds. The number of carbonyl (C=O) groups is 7. The smallest absolute Gasteiger partial charge is 0.305 e. The number of alkyl halides is 1. The van der Waals surface area contributed by atoms with Crippen molar-refractivity contribution in [2.75, 3.05) is 6.67 Å². The van der Waals surface area contributed by atoms with Gasteiger partial charge in [0.05, 0.1) is 12.7 Å². The van der Waals surface area contributed by atoms with Crippen LogP contribution in [0.25, 0.3) is 0 Å². The first kappa shape index (κ1) is 33.7. The van der Waals surface area contributed by atoms with Crippen molar-refractivity contribution in [1.82, 2.24) is 31.2 Å². The quantitative estimate of drug-likeness (QED) is 0.112. The number of nitrogens with one attached hydrogen (secondary N) is 5. The maximum Gasteiger partial charge on any atom is 0.305 e. The number of imidazole rings is 1. The molecule has 0 aliphatic rings. The van der Waals surface area contributed by atoms with Gasteiger partial charge >= 0.3 is 11.9 Å². The van der Waals surface area contributed by atoms with E-state index in [1.807, 2.05) is 0 Å². The average Bonchev–Trinajstić information content (AvgIpc) is 3.36. The highest BCUT2D eigenvalue weighted by Crippen LogP contribution is 2.08. The normalized spacial score (nSPS) is 13.8. The third-order valence-corrected chi connectivity index (χ3v) is 5.51. The molecule has 0 saturated heterocycles. The van der Waals surface area contributed by atoms with Crippen LogP contribution < -0.4 is 21.3 Å². The van der Waals surface area contributed by atoms with E-state index < -0.39 is 85.0 Å². The Kier molecular flexibility index (Phi) is 13.9. The summed E-state index contributed by atoms with van der Waals surface area (Å²) >= 11 is 0. The number of aliphatic carboxylic acids is 2. The summed E-state index contributed by atoms with van der Waals surface area (Å²) in [6.45, 7) is 3.28. The van der Waals surface area contributed by atoms with Crippen LogP contribution in [0.4, 0.5) is 4.39 Å². The van der Waals surface area contributed by atoms with Crippen molar-refractivity contribution in [2.24, 2.45) is 5.92 Å². The number of Topliss-reactive ketones (excluding diaryl/α,β-unsaturated/α-hetero) is 1. The van der Waals surface area contributed by atoms with Gasteiger partial charge in [0, 0.05) is 31.7 Å². The SMILES string of the molecule is CC(=O)N[C@@H](CC(C)C)C(=O)N[C@@H](CCC(=O)O)C(=O)N[C@@H](Cc1cnc[nH]1)C(=O)N[C@@H](CC(=O)O)C(=O)CF. The number of amides is 4. The van der Waals surface area contributed by atoms with E-state index in [2.05, 4.69) is 31.2 Å². The lowest BCUT2D eigenvalue weighted by Gasteiger charge is -2.26. The van der Waals surface area contributed by atoms with Gasteiger partial charge < -0.3 is 36.5 Å². The Morgan fingerprint density at radius 2 is 1.45 bits per heavy atom. The zero-order chi connectivity index (χ0) is 30.4. The number of halogens is 1. The van der Waals surface area contributed by atoms with Crippen LogP contribution in [-0.4, -0.2) is 92.4 Å². The lowest BCUT2D eigenvalue weighted by atomic mass is 10.0. The fraction of sp³-hybridized carbons (Fsp3) is 0.583. The van der Waals surface area contributed by atoms with Crippen LogP contribution >= 0.6 is 0 Å². The first-order valence-electron chi connectivity index (χ1n) is 12.4. The second kappa shape index (κ2) is 16.6. The molecular weight excluding hydrogens is 535 g/mol. The van der Waals surface area contributed by atoms with Gasteiger partial charge in [-0.1, -0.05) is 13.8 Å². The van der Waals surface area contributed by atoms with Crippen molar-refractivity contribution >= 4 is 41.4 Å². The standard InChI is InChI=1S/C24H35FN6O9/c1-12(2)6-17(28-13(3)32)23(39)29-15(4-5-20(34)35)22(38)31-18(7-14-10-26-11-27-14)24(40)30-16(8-21(36)37)19(33)9-25/h10-12,15-18H,4-9H2,1-3H3,(H,26,27)(H,28,32)(H,29,39)(H,30,40)(H,31,38)(H,34,35)(H,36,37)/t15-,16-,17-,18-/m0/s1. The van der Waals surface area contributed by atoms with Crippen molar-refractivity contribution in [2.45, 2.75) is 77.0 Å². The lowest BCUT2D eigenvalue weighted by molar-refractivity contribution is -0.141. The molecule has 222 valence electrons. The molecule has 7 N–H and O–H groups in total. The van der Waals surface area contributed by atoms with Crippen LogP contribution in [0.3, 0.4) is 0 Å². The Morgan fingerprint density at radius 3 is 1.95 bits per heavy atom. The molecule has 0 unspecified atom stereocenters. The largest absolute Gasteiger partial charge is 0.481 e. The van der Waals surface area contributed by atoms with E-state index in [9.17, 15) is 38.0 Å². The van der Waals surface area contributed by atoms with Crippen molar-refractivity contribution in [1.29, 1.82) is 0 Å². The van der Waals surface area contributed by atoms with Crippen molar-refractivity contribution in [3.05, 3.63) is 18.2 Å². The molecular formula is C24H35FN6O9. The number of nitrogens with zero attached hydrogens (tertiary/aromatic N) is 1. The topological polar surface area (TPSA) is 237 Å². The van der Waals surface area contributed by atoms with Crippen LogP contribution in [-0.2, 0) is 40.0 Å². The van der Waals surface area contributed by atoms with Crippen molar-refractivity contribution in [3.63, 3.8) is 0 Å². The molecule has 4 atom stereocenters. The minimum Gasteiger partial charge on any atom is -0.481 e. The number of ketones is 1. The number of carboxylic acid groups (broad SMARTS) is 2. The number of hydrogen-bond donors (Lipinski definition) is 7. The van der Waals surface area contributed by atoms with Crippen LogP contribution in [0.1, 0.15) is 52.1 Å². The molecule has 0 aromatic carbocycles. The number of H-pyrrole nitrogens is 1. The van der Waals surface area contributed by atoms with Gasteiger partial charge in [-0.25, -0.2) is 9.37 Å². The van der Waals surface area contributed by atoms with E-state index in [0.717, 1.165) is 0 Å². The molecule has 0 bridgehead atoms. The van der Waals surface area contributed by atoms with E-state index in [4.69, 9.17) is 10.2 Å². The maximum absolute atomic E-state index is 13.2. The predicted molar refractivity (Wildman–Crippen MR) is 135 cm³/mol. The second-order valence-electron chi connectivity index (χ2n) is 9.48. The molecule has 1 aromatic rings. The molecule has 15 nitrogen and oxygen atoms in total. The highest BCUT2D eigenvalue weighted by atomic mass is 19.1. The Hall–Kier alpha value is -4.37. The van der Waals surface area contributed by atoms with E-state index in [0.29, 0.717) is 5.69 Å². The summed E-state index contributed by atoms with van der Waals surface area (Å²) in [4.78, 5) is 91.4. The molecule has 16 heteroatoms. The van der Waals surface area contributed by atoms with Gasteiger partial charge in [-0.05, 0) is 18.8 Å². The first-order chi connectivity index (χ1) is 18.7. The van der Waals surface area contributed by atoms with E-state index >= 15 is 0 Å². The van der Waals surface area contributed by atoms with Gasteiger partial charge in [-0.15, -0.1) is 0 Å². The van der Waals surface area contributed by atoms with Crippen LogP contribution in [0, 0.1) is 5.92 Å². The monoisotopic (exact) mass is 570 g/mol. The van der Waals surface area contributed by atoms with Crippen LogP contribution in [0.15, 0.2) is 12.5 Å². The van der Waals surface area contributed by atoms with Gasteiger partial charge in [-0.3, -0.25) is 33.6 Å². The summed E-state index contributed by atoms with van der Waals surface area (Å²) in [6.07, 6.45) is 0.801. The predicted octanol–water partition coefficient (Wildman–Crippen LogP) is -1.16. The molecule has 0 aliphatic carbocycles. The van der Waals surface area contributed by atoms with Gasteiger partial charge in [0.2, 0.25) is 23.6 Å². The third-order valence-electron chi connectivity index (χ3n) is 5.51. The van der Waals surface area contributed by atoms with Crippen LogP contribution in [0.2, 0.25) is 0 Å². The number of rotatable bonds is 18. The number of carboxylic acids is 2. The Labute approximate surface area is 229 Å². The number of hydrogen-bond acceptors (Lipinski definition) is 8. The van der Waals surface area contributed by atoms with Gasteiger partial charge in [0.15, 0.2) is 5.78 Å². The minimum absolute atomic E-state index is 0.0258. The molecule has 40 heavy (non-hydrogen) atoms. The Bertz CT molecular complexity index is 1060. The summed E-state index contributed by atoms with van der Waals surface area (Å²) in [5.41, 5.74) is 0.348. The highest BCUT2D eigenvalue weighted by Gasteiger charge is 2.32. The van der Waals surface area contributed by atoms with Crippen molar-refractivity contribution in [3.8, 4) is 0 Å². The maximum atomic E-state index is 13.2. The Balaban J connectivity index is 3.21. The summed E-state index contributed by atoms with van der Waals surface area (Å²) in [6, 6.07) is -5.66. The second-order valence-corrected chi connectivity index (χ2v) is 9.48. The average molecular weight is 571 g/mol. The zero-order valence-corrected chi connectivity index (χ0v) is 22.4. The molecule has 0 fully saturated rings. The fourth-order valence-electron chi connectivity index (χ4n) is 3.64. The fourth-order valence-corrected chi connectivity index (χ4v) is 3.64. The van der Waals surface area contributed by atoms with Crippen LogP contribution in [0.5, 0.6) is 0 Å². The summed E-state index contributed by atoms with van der Waals surface area (Å²) in [7, 11) is 0. The number of carbonyl (C=O) groups excluding carboxylic acids is 5. The Morgan fingerprint density at radius 1 is 0.875 bits per heavy atom. The highest BCUT2D eigenvalue weighted by molar-refractivity contribution is 5.97. The summed E-state index contributed by atoms with van der Waals surface area (Å²) in [5.74, 6) is -7.21. The summed E-state index contributed by atoms with van der Waals surface area (Å²) < 4.78 is 13.0. The molecule has 0 aliphatic heterocycles. The number of aromatic amines is 1. The van der Waals surface area contributed by atoms with E-state index in [1.54, 1.807) is 13.8 Å². The number of aromatic nitrogens is 2. The molecule has 0 radical (unpaired) electrons. The molecule has 0 saturated carbocycles. The minimum atomic E-state index is -1.71. The molecule has 1 rings (SSSR count). The van der Waals surface area contributed by atoms with E-state index in [1.165, 1.54) is 19.4 Å². The van der Waals surface area contributed by atoms with Gasteiger partial charge in [0.25, 0.3) is 0 Å².